The number of likely N-dealkylation sites (N-methyl/N-ethyl adjacent to an activating group) is 1. The van der Waals surface area contributed by atoms with E-state index in [4.69, 9.17) is 4.98 Å². The standard InChI is InChI=1S/C46H46FN7O2/c1-2-48-42(30-13-7-4-8-14-30)46(56)54-24-10-16-40(54)45-50-37-22-19-33-26-31(17-20-34(33)43(37)52-45)32-18-21-35(36(47)27-32)38-28-49-44(51-38)39-15-9-23-53(39)41(55)25-29-11-5-3-6-12-29/h3-8,11-14,17-18,20-21,26-28,39-40,42,48H,2,9-10,15-16,19,22-25H2,1H3,(H,49,51)(H,50,52)/t39-,40-,42+/m0/s1. The smallest absolute Gasteiger partial charge is 0.244 e. The third-order valence-corrected chi connectivity index (χ3v) is 11.7. The van der Waals surface area contributed by atoms with Gasteiger partial charge in [0, 0.05) is 29.9 Å². The van der Waals surface area contributed by atoms with Crippen LogP contribution in [0.15, 0.2) is 103 Å². The fourth-order valence-corrected chi connectivity index (χ4v) is 8.92. The molecule has 0 spiro atoms. The molecule has 2 amide bonds. The van der Waals surface area contributed by atoms with Gasteiger partial charge < -0.3 is 25.1 Å². The van der Waals surface area contributed by atoms with E-state index in [1.54, 1.807) is 18.3 Å². The Morgan fingerprint density at radius 2 is 1.52 bits per heavy atom. The predicted molar refractivity (Wildman–Crippen MR) is 215 cm³/mol. The van der Waals surface area contributed by atoms with Gasteiger partial charge in [0.2, 0.25) is 11.8 Å². The number of aromatic amines is 2. The molecule has 9 rings (SSSR count). The van der Waals surface area contributed by atoms with Crippen LogP contribution in [0.1, 0.15) is 84.8 Å². The molecule has 3 atom stereocenters. The lowest BCUT2D eigenvalue weighted by Crippen LogP contribution is -2.40. The van der Waals surface area contributed by atoms with E-state index in [-0.39, 0.29) is 29.7 Å². The Labute approximate surface area is 326 Å². The van der Waals surface area contributed by atoms with Crippen LogP contribution in [0.3, 0.4) is 0 Å². The van der Waals surface area contributed by atoms with E-state index in [1.165, 1.54) is 5.56 Å². The number of aryl methyl sites for hydroxylation is 2. The van der Waals surface area contributed by atoms with Gasteiger partial charge in [0.05, 0.1) is 36.1 Å². The monoisotopic (exact) mass is 747 g/mol. The quantitative estimate of drug-likeness (QED) is 0.131. The van der Waals surface area contributed by atoms with Gasteiger partial charge in [0.25, 0.3) is 0 Å². The molecular weight excluding hydrogens is 702 g/mol. The van der Waals surface area contributed by atoms with Crippen molar-refractivity contribution in [3.05, 3.63) is 143 Å². The lowest BCUT2D eigenvalue weighted by Gasteiger charge is -2.28. The number of nitrogens with zero attached hydrogens (tertiary/aromatic N) is 4. The number of fused-ring (bicyclic) bond motifs is 3. The summed E-state index contributed by atoms with van der Waals surface area (Å²) < 4.78 is 15.9. The molecule has 4 aromatic carbocycles. The third-order valence-electron chi connectivity index (χ3n) is 11.7. The van der Waals surface area contributed by atoms with Gasteiger partial charge in [-0.1, -0.05) is 91.9 Å². The Kier molecular flexibility index (Phi) is 9.81. The van der Waals surface area contributed by atoms with Crippen LogP contribution in [-0.2, 0) is 28.9 Å². The zero-order valence-corrected chi connectivity index (χ0v) is 31.6. The number of amides is 2. The molecule has 4 heterocycles. The number of hydrogen-bond donors (Lipinski definition) is 3. The van der Waals surface area contributed by atoms with Crippen molar-refractivity contribution in [3.63, 3.8) is 0 Å². The molecule has 2 aliphatic heterocycles. The van der Waals surface area contributed by atoms with Crippen molar-refractivity contribution in [3.8, 4) is 33.6 Å². The average molecular weight is 748 g/mol. The second-order valence-electron chi connectivity index (χ2n) is 15.2. The van der Waals surface area contributed by atoms with Gasteiger partial charge in [0.1, 0.15) is 23.5 Å². The number of carbonyl (C=O) groups is 2. The van der Waals surface area contributed by atoms with Gasteiger partial charge >= 0.3 is 0 Å². The van der Waals surface area contributed by atoms with Gasteiger partial charge in [-0.2, -0.15) is 0 Å². The van der Waals surface area contributed by atoms with Gasteiger partial charge in [0.15, 0.2) is 0 Å². The van der Waals surface area contributed by atoms with Crippen molar-refractivity contribution >= 4 is 11.8 Å². The summed E-state index contributed by atoms with van der Waals surface area (Å²) in [7, 11) is 0. The maximum atomic E-state index is 15.9. The van der Waals surface area contributed by atoms with E-state index < -0.39 is 6.04 Å². The highest BCUT2D eigenvalue weighted by molar-refractivity contribution is 5.84. The third kappa shape index (κ3) is 6.83. The molecule has 2 saturated heterocycles. The molecule has 284 valence electrons. The number of carbonyl (C=O) groups excluding carboxylic acids is 2. The molecule has 10 heteroatoms. The molecule has 0 saturated carbocycles. The number of hydrogen-bond acceptors (Lipinski definition) is 5. The first-order valence-corrected chi connectivity index (χ1v) is 19.9. The van der Waals surface area contributed by atoms with Gasteiger partial charge in [-0.05, 0) is 85.0 Å². The number of rotatable bonds is 10. The minimum atomic E-state index is -0.397. The van der Waals surface area contributed by atoms with E-state index in [2.05, 4.69) is 32.4 Å². The fraction of sp³-hybridized carbons (Fsp3) is 0.304. The first-order chi connectivity index (χ1) is 27.4. The highest BCUT2D eigenvalue weighted by Gasteiger charge is 2.37. The fourth-order valence-electron chi connectivity index (χ4n) is 8.92. The van der Waals surface area contributed by atoms with Crippen molar-refractivity contribution < 1.29 is 14.0 Å². The molecule has 9 nitrogen and oxygen atoms in total. The van der Waals surface area contributed by atoms with E-state index in [0.29, 0.717) is 43.1 Å². The summed E-state index contributed by atoms with van der Waals surface area (Å²) in [6, 6.07) is 30.7. The van der Waals surface area contributed by atoms with Crippen molar-refractivity contribution in [2.45, 2.75) is 70.0 Å². The number of nitrogens with one attached hydrogen (secondary N) is 3. The van der Waals surface area contributed by atoms with Gasteiger partial charge in [-0.3, -0.25) is 9.59 Å². The molecule has 3 aliphatic rings. The Morgan fingerprint density at radius 1 is 0.821 bits per heavy atom. The van der Waals surface area contributed by atoms with Crippen LogP contribution in [0.2, 0.25) is 0 Å². The summed E-state index contributed by atoms with van der Waals surface area (Å²) in [5.41, 5.74) is 9.03. The van der Waals surface area contributed by atoms with Crippen LogP contribution in [0.4, 0.5) is 4.39 Å². The zero-order chi connectivity index (χ0) is 38.2. The molecular formula is C46H46FN7O2. The summed E-state index contributed by atoms with van der Waals surface area (Å²) in [6.07, 6.45) is 7.19. The number of halogens is 1. The number of likely N-dealkylation sites (tertiary alicyclic amines) is 2. The highest BCUT2D eigenvalue weighted by atomic mass is 19.1. The average Bonchev–Trinajstić information content (AvgIpc) is 4.06. The summed E-state index contributed by atoms with van der Waals surface area (Å²) in [6.45, 7) is 4.11. The number of H-pyrrole nitrogens is 2. The molecule has 56 heavy (non-hydrogen) atoms. The maximum Gasteiger partial charge on any atom is 0.244 e. The van der Waals surface area contributed by atoms with Crippen LogP contribution in [0.25, 0.3) is 33.6 Å². The topological polar surface area (TPSA) is 110 Å². The minimum Gasteiger partial charge on any atom is -0.344 e. The van der Waals surface area contributed by atoms with Crippen LogP contribution >= 0.6 is 0 Å². The number of imidazole rings is 2. The van der Waals surface area contributed by atoms with Crippen molar-refractivity contribution in [2.24, 2.45) is 0 Å². The Bertz CT molecular complexity index is 2370. The Balaban J connectivity index is 0.911. The van der Waals surface area contributed by atoms with E-state index >= 15 is 4.39 Å². The van der Waals surface area contributed by atoms with Crippen molar-refractivity contribution in [1.29, 1.82) is 0 Å². The van der Waals surface area contributed by atoms with Gasteiger partial charge in [-0.25, -0.2) is 14.4 Å². The van der Waals surface area contributed by atoms with Crippen LogP contribution in [0, 0.1) is 5.82 Å². The maximum absolute atomic E-state index is 15.9. The normalized spacial score (nSPS) is 18.2. The Hall–Kier alpha value is -5.87. The summed E-state index contributed by atoms with van der Waals surface area (Å²) >= 11 is 0. The number of benzene rings is 4. The Morgan fingerprint density at radius 3 is 2.27 bits per heavy atom. The summed E-state index contributed by atoms with van der Waals surface area (Å²) in [4.78, 5) is 47.8. The lowest BCUT2D eigenvalue weighted by atomic mass is 9.89. The highest BCUT2D eigenvalue weighted by Crippen LogP contribution is 2.40. The minimum absolute atomic E-state index is 0.0749. The molecule has 3 N–H and O–H groups in total. The van der Waals surface area contributed by atoms with E-state index in [0.717, 1.165) is 83.6 Å². The van der Waals surface area contributed by atoms with Crippen molar-refractivity contribution in [1.82, 2.24) is 35.1 Å². The SMILES string of the molecule is CCN[C@@H](C(=O)N1CCC[C@H]1c1nc2c([nH]1)CCc1cc(-c3ccc(-c4cnc([C@@H]5CCCN5C(=O)Cc5ccccc5)[nH]4)c(F)c3)ccc1-2)c1ccccc1. The molecule has 0 radical (unpaired) electrons. The van der Waals surface area contributed by atoms with E-state index in [1.807, 2.05) is 89.5 Å². The first-order valence-electron chi connectivity index (χ1n) is 19.9. The molecule has 0 bridgehead atoms. The van der Waals surface area contributed by atoms with Crippen LogP contribution < -0.4 is 5.32 Å². The summed E-state index contributed by atoms with van der Waals surface area (Å²) in [5.74, 6) is 1.36. The molecule has 1 aliphatic carbocycles. The molecule has 2 fully saturated rings. The molecule has 2 aromatic heterocycles. The lowest BCUT2D eigenvalue weighted by molar-refractivity contribution is -0.135. The van der Waals surface area contributed by atoms with Crippen LogP contribution in [-0.4, -0.2) is 61.2 Å². The largest absolute Gasteiger partial charge is 0.344 e. The van der Waals surface area contributed by atoms with Crippen LogP contribution in [0.5, 0.6) is 0 Å². The van der Waals surface area contributed by atoms with Gasteiger partial charge in [-0.15, -0.1) is 0 Å². The first kappa shape index (κ1) is 35.8. The molecule has 6 aromatic rings. The molecule has 0 unspecified atom stereocenters. The zero-order valence-electron chi connectivity index (χ0n) is 31.6. The summed E-state index contributed by atoms with van der Waals surface area (Å²) in [5, 5.41) is 3.40. The predicted octanol–water partition coefficient (Wildman–Crippen LogP) is 8.29. The number of aromatic nitrogens is 4. The van der Waals surface area contributed by atoms with E-state index in [9.17, 15) is 9.59 Å². The van der Waals surface area contributed by atoms with Crippen molar-refractivity contribution in [2.75, 3.05) is 19.6 Å². The second kappa shape index (κ2) is 15.3. The second-order valence-corrected chi connectivity index (χ2v) is 15.2.